The molecule has 0 aromatic heterocycles. The molecule has 2 aromatic rings. The Labute approximate surface area is 178 Å². The fourth-order valence-electron chi connectivity index (χ4n) is 3.60. The Bertz CT molecular complexity index is 866. The molecule has 0 bridgehead atoms. The number of hydrogen-bond donors (Lipinski definition) is 3. The molecule has 1 heterocycles. The zero-order valence-corrected chi connectivity index (χ0v) is 17.9. The number of carbonyl (C=O) groups excluding carboxylic acids is 1. The van der Waals surface area contributed by atoms with Crippen molar-refractivity contribution in [2.24, 2.45) is 4.99 Å². The van der Waals surface area contributed by atoms with Crippen molar-refractivity contribution in [1.29, 1.82) is 0 Å². The lowest BCUT2D eigenvalue weighted by molar-refractivity contribution is 0.0956. The molecule has 1 aliphatic rings. The maximum Gasteiger partial charge on any atom is 0.251 e. The molecule has 1 unspecified atom stereocenters. The summed E-state index contributed by atoms with van der Waals surface area (Å²) in [4.78, 5) is 18.6. The maximum absolute atomic E-state index is 11.9. The highest BCUT2D eigenvalue weighted by atomic mass is 16.5. The summed E-state index contributed by atoms with van der Waals surface area (Å²) in [5.41, 5.74) is 2.89. The van der Waals surface area contributed by atoms with Gasteiger partial charge in [-0.2, -0.15) is 0 Å². The van der Waals surface area contributed by atoms with Gasteiger partial charge in [-0.3, -0.25) is 9.79 Å². The molecule has 0 aliphatic carbocycles. The number of aliphatic imine (C=N–C) groups is 1. The maximum atomic E-state index is 11.9. The van der Waals surface area contributed by atoms with E-state index < -0.39 is 0 Å². The van der Waals surface area contributed by atoms with Crippen molar-refractivity contribution in [2.45, 2.75) is 25.9 Å². The zero-order chi connectivity index (χ0) is 21.3. The first-order valence-electron chi connectivity index (χ1n) is 10.4. The predicted molar refractivity (Wildman–Crippen MR) is 121 cm³/mol. The third-order valence-electron chi connectivity index (χ3n) is 5.19. The lowest BCUT2D eigenvalue weighted by Crippen LogP contribution is -2.44. The molecular formula is C23H31N5O2. The number of nitrogens with one attached hydrogen (secondary N) is 3. The third kappa shape index (κ3) is 5.43. The number of nitrogens with zero attached hydrogens (tertiary/aromatic N) is 2. The van der Waals surface area contributed by atoms with E-state index in [1.54, 1.807) is 14.2 Å². The minimum absolute atomic E-state index is 0.0460. The number of ether oxygens (including phenoxy) is 1. The van der Waals surface area contributed by atoms with Crippen molar-refractivity contribution in [3.63, 3.8) is 0 Å². The van der Waals surface area contributed by atoms with Crippen LogP contribution in [-0.2, 0) is 6.54 Å². The monoisotopic (exact) mass is 409 g/mol. The van der Waals surface area contributed by atoms with Crippen molar-refractivity contribution in [3.05, 3.63) is 59.7 Å². The minimum atomic E-state index is -0.0460. The fourth-order valence-corrected chi connectivity index (χ4v) is 3.60. The van der Waals surface area contributed by atoms with Crippen LogP contribution in [0.2, 0.25) is 0 Å². The molecule has 3 rings (SSSR count). The number of rotatable bonds is 7. The molecule has 160 valence electrons. The van der Waals surface area contributed by atoms with Gasteiger partial charge in [0, 0.05) is 44.8 Å². The van der Waals surface area contributed by atoms with Crippen molar-refractivity contribution in [2.75, 3.05) is 38.7 Å². The lowest BCUT2D eigenvalue weighted by atomic mass is 10.1. The Morgan fingerprint density at radius 2 is 1.93 bits per heavy atom. The Morgan fingerprint density at radius 1 is 1.17 bits per heavy atom. The van der Waals surface area contributed by atoms with E-state index in [9.17, 15) is 4.79 Å². The van der Waals surface area contributed by atoms with Gasteiger partial charge in [-0.15, -0.1) is 0 Å². The van der Waals surface area contributed by atoms with Crippen LogP contribution in [0.5, 0.6) is 5.75 Å². The summed E-state index contributed by atoms with van der Waals surface area (Å²) in [5.74, 6) is 1.63. The quantitative estimate of drug-likeness (QED) is 0.484. The van der Waals surface area contributed by atoms with Crippen LogP contribution in [0.4, 0.5) is 5.69 Å². The number of methoxy groups -OCH3 is 1. The van der Waals surface area contributed by atoms with Crippen LogP contribution >= 0.6 is 0 Å². The molecule has 7 heteroatoms. The van der Waals surface area contributed by atoms with Crippen LogP contribution in [0.3, 0.4) is 0 Å². The summed E-state index contributed by atoms with van der Waals surface area (Å²) in [6, 6.07) is 16.0. The number of amides is 1. The molecule has 2 aromatic carbocycles. The molecule has 3 N–H and O–H groups in total. The van der Waals surface area contributed by atoms with Gasteiger partial charge < -0.3 is 25.6 Å². The normalized spacial score (nSPS) is 16.3. The molecule has 0 saturated carbocycles. The third-order valence-corrected chi connectivity index (χ3v) is 5.19. The van der Waals surface area contributed by atoms with Gasteiger partial charge in [-0.05, 0) is 43.2 Å². The first-order chi connectivity index (χ1) is 14.6. The lowest BCUT2D eigenvalue weighted by Gasteiger charge is -2.22. The standard InChI is InChI=1S/C23H31N5O2/c1-4-25-22(29)18-11-9-17(10-12-18)15-26-23(24-2)27-19-13-14-28(16-19)20-7-5-6-8-21(20)30-3/h5-12,19H,4,13-16H2,1-3H3,(H,25,29)(H2,24,26,27). The van der Waals surface area contributed by atoms with Crippen molar-refractivity contribution < 1.29 is 9.53 Å². The second-order valence-corrected chi connectivity index (χ2v) is 7.23. The van der Waals surface area contributed by atoms with Gasteiger partial charge in [0.1, 0.15) is 5.75 Å². The molecule has 1 saturated heterocycles. The van der Waals surface area contributed by atoms with Gasteiger partial charge >= 0.3 is 0 Å². The van der Waals surface area contributed by atoms with Crippen LogP contribution in [0.15, 0.2) is 53.5 Å². The van der Waals surface area contributed by atoms with Crippen LogP contribution in [0, 0.1) is 0 Å². The predicted octanol–water partition coefficient (Wildman–Crippen LogP) is 2.39. The highest BCUT2D eigenvalue weighted by Crippen LogP contribution is 2.30. The van der Waals surface area contributed by atoms with E-state index in [4.69, 9.17) is 4.74 Å². The SMILES string of the molecule is CCNC(=O)c1ccc(CNC(=NC)NC2CCN(c3ccccc3OC)C2)cc1. The summed E-state index contributed by atoms with van der Waals surface area (Å²) in [5, 5.41) is 9.68. The van der Waals surface area contributed by atoms with Gasteiger partial charge in [0.2, 0.25) is 0 Å². The van der Waals surface area contributed by atoms with Gasteiger partial charge in [0.05, 0.1) is 12.8 Å². The molecule has 7 nitrogen and oxygen atoms in total. The van der Waals surface area contributed by atoms with E-state index in [0.29, 0.717) is 24.7 Å². The van der Waals surface area contributed by atoms with E-state index in [1.807, 2.05) is 49.4 Å². The topological polar surface area (TPSA) is 78.0 Å². The van der Waals surface area contributed by atoms with E-state index >= 15 is 0 Å². The van der Waals surface area contributed by atoms with E-state index in [-0.39, 0.29) is 5.91 Å². The smallest absolute Gasteiger partial charge is 0.251 e. The Balaban J connectivity index is 1.51. The first kappa shape index (κ1) is 21.5. The van der Waals surface area contributed by atoms with Crippen molar-refractivity contribution in [3.8, 4) is 5.75 Å². The van der Waals surface area contributed by atoms with Crippen molar-refractivity contribution >= 4 is 17.6 Å². The number of para-hydroxylation sites is 2. The summed E-state index contributed by atoms with van der Waals surface area (Å²) in [6.45, 7) is 5.03. The van der Waals surface area contributed by atoms with E-state index in [0.717, 1.165) is 42.5 Å². The molecule has 0 radical (unpaired) electrons. The molecule has 0 spiro atoms. The van der Waals surface area contributed by atoms with Gasteiger partial charge in [0.15, 0.2) is 5.96 Å². The molecule has 1 fully saturated rings. The Hall–Kier alpha value is -3.22. The number of hydrogen-bond acceptors (Lipinski definition) is 4. The minimum Gasteiger partial charge on any atom is -0.495 e. The summed E-state index contributed by atoms with van der Waals surface area (Å²) < 4.78 is 5.50. The number of guanidine groups is 1. The van der Waals surface area contributed by atoms with Crippen LogP contribution in [0.1, 0.15) is 29.3 Å². The Kier molecular flexibility index (Phi) is 7.54. The van der Waals surface area contributed by atoms with E-state index in [1.165, 1.54) is 0 Å². The second kappa shape index (κ2) is 10.5. The molecule has 1 atom stereocenters. The summed E-state index contributed by atoms with van der Waals surface area (Å²) in [7, 11) is 3.49. The average Bonchev–Trinajstić information content (AvgIpc) is 3.25. The highest BCUT2D eigenvalue weighted by molar-refractivity contribution is 5.94. The summed E-state index contributed by atoms with van der Waals surface area (Å²) in [6.07, 6.45) is 1.03. The van der Waals surface area contributed by atoms with Gasteiger partial charge in [0.25, 0.3) is 5.91 Å². The summed E-state index contributed by atoms with van der Waals surface area (Å²) >= 11 is 0. The number of anilines is 1. The Morgan fingerprint density at radius 3 is 2.63 bits per heavy atom. The van der Waals surface area contributed by atoms with E-state index in [2.05, 4.69) is 31.9 Å². The average molecular weight is 410 g/mol. The van der Waals surface area contributed by atoms with Gasteiger partial charge in [-0.1, -0.05) is 24.3 Å². The second-order valence-electron chi connectivity index (χ2n) is 7.23. The van der Waals surface area contributed by atoms with Crippen LogP contribution < -0.4 is 25.6 Å². The van der Waals surface area contributed by atoms with Crippen LogP contribution in [-0.4, -0.2) is 51.7 Å². The molecular weight excluding hydrogens is 378 g/mol. The highest BCUT2D eigenvalue weighted by Gasteiger charge is 2.25. The van der Waals surface area contributed by atoms with Gasteiger partial charge in [-0.25, -0.2) is 0 Å². The largest absolute Gasteiger partial charge is 0.495 e. The first-order valence-corrected chi connectivity index (χ1v) is 10.4. The zero-order valence-electron chi connectivity index (χ0n) is 17.9. The fraction of sp³-hybridized carbons (Fsp3) is 0.391. The molecule has 1 aliphatic heterocycles. The molecule has 30 heavy (non-hydrogen) atoms. The van der Waals surface area contributed by atoms with Crippen LogP contribution in [0.25, 0.3) is 0 Å². The number of benzene rings is 2. The number of carbonyl (C=O) groups is 1. The molecule has 1 amide bonds. The van der Waals surface area contributed by atoms with Crippen molar-refractivity contribution in [1.82, 2.24) is 16.0 Å².